The van der Waals surface area contributed by atoms with Crippen molar-refractivity contribution in [1.29, 1.82) is 5.26 Å². The van der Waals surface area contributed by atoms with Gasteiger partial charge in [0, 0.05) is 0 Å². The third-order valence-corrected chi connectivity index (χ3v) is 2.57. The molecule has 1 aliphatic rings. The zero-order valence-corrected chi connectivity index (χ0v) is 9.51. The second-order valence-electron chi connectivity index (χ2n) is 4.34. The van der Waals surface area contributed by atoms with Gasteiger partial charge in [-0.3, -0.25) is 0 Å². The molecular weight excluding hydrogens is 219 g/mol. The van der Waals surface area contributed by atoms with E-state index in [4.69, 9.17) is 20.4 Å². The van der Waals surface area contributed by atoms with Crippen LogP contribution < -0.4 is 15.9 Å². The van der Waals surface area contributed by atoms with Gasteiger partial charge in [0.2, 0.25) is 0 Å². The fraction of sp³-hybridized carbons (Fsp3) is 0.364. The Labute approximate surface area is 99.9 Å². The van der Waals surface area contributed by atoms with Crippen LogP contribution in [-0.2, 0) is 11.3 Å². The summed E-state index contributed by atoms with van der Waals surface area (Å²) in [5.41, 5.74) is 6.28. The number of hydrogen-bond acceptors (Lipinski definition) is 5. The van der Waals surface area contributed by atoms with Gasteiger partial charge >= 0.3 is 7.12 Å². The largest absolute Gasteiger partial charge is 0.491 e. The molecule has 0 bridgehead atoms. The standard InChI is InChI=1S/C11H13BN2O3/c1-11(14,6-13)7-16-9-3-2-8-5-17-12(15)10(8)4-9/h2-4,15H,5,7,14H2,1H3/t11-/m1/s1. The predicted octanol–water partition coefficient (Wildman–Crippen LogP) is -0.476. The molecule has 3 N–H and O–H groups in total. The van der Waals surface area contributed by atoms with Crippen molar-refractivity contribution in [2.75, 3.05) is 6.61 Å². The van der Waals surface area contributed by atoms with E-state index >= 15 is 0 Å². The Morgan fingerprint density at radius 1 is 1.71 bits per heavy atom. The van der Waals surface area contributed by atoms with Crippen LogP contribution in [0.4, 0.5) is 0 Å². The predicted molar refractivity (Wildman–Crippen MR) is 62.5 cm³/mol. The highest BCUT2D eigenvalue weighted by Gasteiger charge is 2.27. The van der Waals surface area contributed by atoms with Gasteiger partial charge in [-0.15, -0.1) is 0 Å². The maximum absolute atomic E-state index is 9.53. The summed E-state index contributed by atoms with van der Waals surface area (Å²) in [4.78, 5) is 0. The minimum Gasteiger partial charge on any atom is -0.491 e. The Hall–Kier alpha value is -1.55. The van der Waals surface area contributed by atoms with Crippen LogP contribution in [0.3, 0.4) is 0 Å². The van der Waals surface area contributed by atoms with Crippen molar-refractivity contribution in [1.82, 2.24) is 0 Å². The Morgan fingerprint density at radius 3 is 3.18 bits per heavy atom. The van der Waals surface area contributed by atoms with E-state index in [1.54, 1.807) is 19.1 Å². The van der Waals surface area contributed by atoms with Crippen LogP contribution in [0.5, 0.6) is 5.75 Å². The lowest BCUT2D eigenvalue weighted by atomic mass is 9.79. The molecule has 6 heteroatoms. The van der Waals surface area contributed by atoms with Crippen molar-refractivity contribution in [2.45, 2.75) is 19.1 Å². The SMILES string of the molecule is C[C@@](N)(C#N)COc1ccc2c(c1)B(O)OC2. The van der Waals surface area contributed by atoms with E-state index in [0.29, 0.717) is 17.8 Å². The molecule has 1 aromatic rings. The molecule has 0 amide bonds. The molecule has 0 aliphatic carbocycles. The summed E-state index contributed by atoms with van der Waals surface area (Å²) in [6.07, 6.45) is 0. The highest BCUT2D eigenvalue weighted by Crippen LogP contribution is 2.17. The normalized spacial score (nSPS) is 17.2. The molecule has 5 nitrogen and oxygen atoms in total. The number of nitriles is 1. The average molecular weight is 232 g/mol. The summed E-state index contributed by atoms with van der Waals surface area (Å²) in [6.45, 7) is 2.10. The third-order valence-electron chi connectivity index (χ3n) is 2.57. The summed E-state index contributed by atoms with van der Waals surface area (Å²) in [6, 6.07) is 7.27. The first-order valence-electron chi connectivity index (χ1n) is 5.27. The van der Waals surface area contributed by atoms with Crippen molar-refractivity contribution in [3.8, 4) is 11.8 Å². The maximum atomic E-state index is 9.53. The molecule has 1 aliphatic heterocycles. The molecule has 0 saturated carbocycles. The van der Waals surface area contributed by atoms with E-state index in [9.17, 15) is 5.02 Å². The van der Waals surface area contributed by atoms with Gasteiger partial charge in [-0.25, -0.2) is 0 Å². The molecule has 17 heavy (non-hydrogen) atoms. The van der Waals surface area contributed by atoms with Crippen molar-refractivity contribution in [2.24, 2.45) is 5.73 Å². The average Bonchev–Trinajstić information content (AvgIpc) is 2.69. The monoisotopic (exact) mass is 232 g/mol. The highest BCUT2D eigenvalue weighted by atomic mass is 16.5. The fourth-order valence-corrected chi connectivity index (χ4v) is 1.55. The molecular formula is C11H13BN2O3. The first-order valence-corrected chi connectivity index (χ1v) is 5.27. The van der Waals surface area contributed by atoms with E-state index in [-0.39, 0.29) is 6.61 Å². The summed E-state index contributed by atoms with van der Waals surface area (Å²) in [7, 11) is -0.895. The summed E-state index contributed by atoms with van der Waals surface area (Å²) in [5, 5.41) is 18.3. The lowest BCUT2D eigenvalue weighted by molar-refractivity contribution is 0.265. The van der Waals surface area contributed by atoms with Gasteiger partial charge in [0.15, 0.2) is 0 Å². The lowest BCUT2D eigenvalue weighted by Gasteiger charge is -2.16. The zero-order valence-electron chi connectivity index (χ0n) is 9.51. The molecule has 2 rings (SSSR count). The zero-order chi connectivity index (χ0) is 12.5. The molecule has 1 aromatic carbocycles. The van der Waals surface area contributed by atoms with Crippen molar-refractivity contribution in [3.05, 3.63) is 23.8 Å². The van der Waals surface area contributed by atoms with Crippen molar-refractivity contribution < 1.29 is 14.4 Å². The minimum atomic E-state index is -1.02. The Kier molecular flexibility index (Phi) is 3.07. The van der Waals surface area contributed by atoms with Crippen LogP contribution >= 0.6 is 0 Å². The van der Waals surface area contributed by atoms with E-state index in [1.165, 1.54) is 0 Å². The van der Waals surface area contributed by atoms with Crippen LogP contribution in [0, 0.1) is 11.3 Å². The second kappa shape index (κ2) is 4.38. The Morgan fingerprint density at radius 2 is 2.47 bits per heavy atom. The van der Waals surface area contributed by atoms with E-state index in [2.05, 4.69) is 0 Å². The van der Waals surface area contributed by atoms with E-state index in [1.807, 2.05) is 12.1 Å². The minimum absolute atomic E-state index is 0.0965. The topological polar surface area (TPSA) is 88.5 Å². The smallest absolute Gasteiger partial charge is 0.491 e. The fourth-order valence-electron chi connectivity index (χ4n) is 1.55. The van der Waals surface area contributed by atoms with Gasteiger partial charge in [-0.05, 0) is 30.1 Å². The number of nitrogens with zero attached hydrogens (tertiary/aromatic N) is 1. The maximum Gasteiger partial charge on any atom is 0.491 e. The van der Waals surface area contributed by atoms with Crippen LogP contribution in [0.15, 0.2) is 18.2 Å². The molecule has 0 fully saturated rings. The first-order chi connectivity index (χ1) is 8.02. The Bertz CT molecular complexity index is 470. The van der Waals surface area contributed by atoms with Crippen LogP contribution in [0.2, 0.25) is 0 Å². The lowest BCUT2D eigenvalue weighted by Crippen LogP contribution is -2.40. The molecule has 0 unspecified atom stereocenters. The van der Waals surface area contributed by atoms with Gasteiger partial charge in [-0.1, -0.05) is 6.07 Å². The highest BCUT2D eigenvalue weighted by molar-refractivity contribution is 6.61. The van der Waals surface area contributed by atoms with Crippen LogP contribution in [0.25, 0.3) is 0 Å². The van der Waals surface area contributed by atoms with Crippen LogP contribution in [-0.4, -0.2) is 24.3 Å². The molecule has 1 atom stereocenters. The van der Waals surface area contributed by atoms with Gasteiger partial charge in [-0.2, -0.15) is 5.26 Å². The molecule has 1 heterocycles. The molecule has 0 spiro atoms. The quantitative estimate of drug-likeness (QED) is 0.687. The Balaban J connectivity index is 2.09. The summed E-state index contributed by atoms with van der Waals surface area (Å²) >= 11 is 0. The number of nitrogens with two attached hydrogens (primary N) is 1. The number of hydrogen-bond donors (Lipinski definition) is 2. The van der Waals surface area contributed by atoms with Crippen LogP contribution in [0.1, 0.15) is 12.5 Å². The molecule has 88 valence electrons. The first kappa shape index (κ1) is 11.9. The van der Waals surface area contributed by atoms with Gasteiger partial charge in [0.05, 0.1) is 12.7 Å². The number of rotatable bonds is 3. The number of ether oxygens (including phenoxy) is 1. The summed E-state index contributed by atoms with van der Waals surface area (Å²) < 4.78 is 10.5. The van der Waals surface area contributed by atoms with Gasteiger partial charge in [0.1, 0.15) is 17.9 Å². The van der Waals surface area contributed by atoms with E-state index in [0.717, 1.165) is 5.56 Å². The number of benzene rings is 1. The van der Waals surface area contributed by atoms with E-state index < -0.39 is 12.7 Å². The molecule has 0 saturated heterocycles. The van der Waals surface area contributed by atoms with Crippen molar-refractivity contribution in [3.63, 3.8) is 0 Å². The van der Waals surface area contributed by atoms with Crippen molar-refractivity contribution >= 4 is 12.6 Å². The molecule has 0 radical (unpaired) electrons. The summed E-state index contributed by atoms with van der Waals surface area (Å²) in [5.74, 6) is 0.570. The van der Waals surface area contributed by atoms with Gasteiger partial charge in [0.25, 0.3) is 0 Å². The third kappa shape index (κ3) is 2.58. The molecule has 0 aromatic heterocycles. The number of fused-ring (bicyclic) bond motifs is 1. The second-order valence-corrected chi connectivity index (χ2v) is 4.34. The van der Waals surface area contributed by atoms with Gasteiger partial charge < -0.3 is 20.1 Å².